The Morgan fingerprint density at radius 2 is 1.65 bits per heavy atom. The van der Waals surface area contributed by atoms with Gasteiger partial charge in [-0.15, -0.1) is 0 Å². The molecular weight excluding hydrogens is 324 g/mol. The number of benzene rings is 2. The molecule has 4 nitrogen and oxygen atoms in total. The van der Waals surface area contributed by atoms with Gasteiger partial charge in [-0.05, 0) is 29.5 Å². The predicted molar refractivity (Wildman–Crippen MR) is 105 cm³/mol. The fraction of sp³-hybridized carbons (Fsp3) is 0.273. The van der Waals surface area contributed by atoms with E-state index in [1.54, 1.807) is 0 Å². The first-order chi connectivity index (χ1) is 12.4. The van der Waals surface area contributed by atoms with E-state index in [0.29, 0.717) is 36.4 Å². The molecule has 3 rings (SSSR count). The number of aliphatic hydroxyl groups excluding tert-OH is 1. The third-order valence-electron chi connectivity index (χ3n) is 4.42. The minimum absolute atomic E-state index is 0.112. The fourth-order valence-electron chi connectivity index (χ4n) is 3.19. The maximum absolute atomic E-state index is 12.8. The zero-order valence-corrected chi connectivity index (χ0v) is 15.2. The molecule has 0 atom stereocenters. The molecule has 2 aromatic rings. The van der Waals surface area contributed by atoms with Crippen LogP contribution in [0.1, 0.15) is 32.3 Å². The summed E-state index contributed by atoms with van der Waals surface area (Å²) < 4.78 is 0. The monoisotopic (exact) mass is 348 g/mol. The lowest BCUT2D eigenvalue weighted by Crippen LogP contribution is -2.32. The van der Waals surface area contributed by atoms with Crippen LogP contribution in [0.5, 0.6) is 0 Å². The van der Waals surface area contributed by atoms with Gasteiger partial charge in [0, 0.05) is 12.1 Å². The summed E-state index contributed by atoms with van der Waals surface area (Å²) in [6.07, 6.45) is 1.12. The number of aliphatic hydroxyl groups is 1. The van der Waals surface area contributed by atoms with Crippen LogP contribution in [0.25, 0.3) is 0 Å². The van der Waals surface area contributed by atoms with Crippen LogP contribution < -0.4 is 5.32 Å². The van der Waals surface area contributed by atoms with Gasteiger partial charge in [-0.1, -0.05) is 62.4 Å². The minimum atomic E-state index is -0.309. The molecule has 0 saturated heterocycles. The zero-order valence-electron chi connectivity index (χ0n) is 15.2. The molecule has 26 heavy (non-hydrogen) atoms. The third-order valence-corrected chi connectivity index (χ3v) is 4.42. The van der Waals surface area contributed by atoms with E-state index >= 15 is 0 Å². The number of carbonyl (C=O) groups excluding carboxylic acids is 1. The highest BCUT2D eigenvalue weighted by Crippen LogP contribution is 2.37. The second-order valence-corrected chi connectivity index (χ2v) is 7.41. The number of carbonyl (C=O) groups is 1. The molecule has 0 heterocycles. The smallest absolute Gasteiger partial charge is 0.260 e. The molecule has 2 N–H and O–H groups in total. The molecule has 1 aliphatic rings. The molecule has 0 bridgehead atoms. The standard InChI is InChI=1S/C22H24N2O2/c1-22(2)13-18(23-15-16-9-5-3-6-10-16)20(19(25)14-22)21(26)24-17-11-7-4-8-12-17/h3-12,25H,13-15H2,1-2H3,(H,24,26). The van der Waals surface area contributed by atoms with Crippen molar-refractivity contribution in [1.29, 1.82) is 0 Å². The number of hydrogen-bond acceptors (Lipinski definition) is 3. The number of rotatable bonds is 4. The summed E-state index contributed by atoms with van der Waals surface area (Å²) in [4.78, 5) is 17.5. The van der Waals surface area contributed by atoms with Crippen molar-refractivity contribution in [3.05, 3.63) is 77.6 Å². The SMILES string of the molecule is CC1(C)CC(=NCc2ccccc2)C(C(=O)Nc2ccccc2)=C(O)C1. The van der Waals surface area contributed by atoms with Crippen molar-refractivity contribution in [3.8, 4) is 0 Å². The first-order valence-electron chi connectivity index (χ1n) is 8.81. The first-order valence-corrected chi connectivity index (χ1v) is 8.81. The molecule has 4 heteroatoms. The molecule has 1 amide bonds. The van der Waals surface area contributed by atoms with E-state index in [1.165, 1.54) is 0 Å². The van der Waals surface area contributed by atoms with Crippen LogP contribution in [-0.2, 0) is 11.3 Å². The van der Waals surface area contributed by atoms with Gasteiger partial charge in [0.15, 0.2) is 0 Å². The molecule has 2 aromatic carbocycles. The van der Waals surface area contributed by atoms with Crippen LogP contribution in [0.4, 0.5) is 5.69 Å². The number of nitrogens with one attached hydrogen (secondary N) is 1. The third kappa shape index (κ3) is 4.39. The van der Waals surface area contributed by atoms with Gasteiger partial charge >= 0.3 is 0 Å². The van der Waals surface area contributed by atoms with Crippen LogP contribution in [-0.4, -0.2) is 16.7 Å². The van der Waals surface area contributed by atoms with Gasteiger partial charge in [-0.2, -0.15) is 0 Å². The Morgan fingerprint density at radius 1 is 1.04 bits per heavy atom. The first kappa shape index (κ1) is 17.9. The Morgan fingerprint density at radius 3 is 2.31 bits per heavy atom. The van der Waals surface area contributed by atoms with E-state index in [9.17, 15) is 9.90 Å². The summed E-state index contributed by atoms with van der Waals surface area (Å²) in [6.45, 7) is 4.64. The van der Waals surface area contributed by atoms with Gasteiger partial charge in [-0.25, -0.2) is 0 Å². The molecule has 0 saturated carbocycles. The molecule has 0 unspecified atom stereocenters. The molecule has 0 fully saturated rings. The van der Waals surface area contributed by atoms with Gasteiger partial charge in [0.2, 0.25) is 0 Å². The van der Waals surface area contributed by atoms with Crippen LogP contribution in [0.2, 0.25) is 0 Å². The van der Waals surface area contributed by atoms with Crippen molar-refractivity contribution in [2.75, 3.05) is 5.32 Å². The largest absolute Gasteiger partial charge is 0.511 e. The zero-order chi connectivity index (χ0) is 18.6. The minimum Gasteiger partial charge on any atom is -0.511 e. The average Bonchev–Trinajstić information content (AvgIpc) is 2.60. The molecule has 0 aliphatic heterocycles. The van der Waals surface area contributed by atoms with E-state index in [2.05, 4.69) is 24.2 Å². The lowest BCUT2D eigenvalue weighted by Gasteiger charge is -2.31. The molecular formula is C22H24N2O2. The fourth-order valence-corrected chi connectivity index (χ4v) is 3.19. The number of anilines is 1. The number of hydrogen-bond donors (Lipinski definition) is 2. The Bertz CT molecular complexity index is 837. The van der Waals surface area contributed by atoms with Crippen LogP contribution in [0.3, 0.4) is 0 Å². The van der Waals surface area contributed by atoms with Crippen LogP contribution >= 0.6 is 0 Å². The van der Waals surface area contributed by atoms with Gasteiger partial charge in [0.1, 0.15) is 5.76 Å². The number of nitrogens with zero attached hydrogens (tertiary/aromatic N) is 1. The summed E-state index contributed by atoms with van der Waals surface area (Å²) in [5.74, 6) is -0.197. The van der Waals surface area contributed by atoms with Crippen molar-refractivity contribution in [3.63, 3.8) is 0 Å². The van der Waals surface area contributed by atoms with E-state index in [4.69, 9.17) is 0 Å². The number of amides is 1. The van der Waals surface area contributed by atoms with Crippen molar-refractivity contribution in [2.24, 2.45) is 10.4 Å². The van der Waals surface area contributed by atoms with Gasteiger partial charge in [0.25, 0.3) is 5.91 Å². The van der Waals surface area contributed by atoms with E-state index in [1.807, 2.05) is 60.7 Å². The number of para-hydroxylation sites is 1. The lowest BCUT2D eigenvalue weighted by molar-refractivity contribution is -0.112. The predicted octanol–water partition coefficient (Wildman–Crippen LogP) is 4.90. The molecule has 0 aromatic heterocycles. The second kappa shape index (κ2) is 7.56. The Hall–Kier alpha value is -2.88. The lowest BCUT2D eigenvalue weighted by atomic mass is 9.76. The summed E-state index contributed by atoms with van der Waals surface area (Å²) >= 11 is 0. The average molecular weight is 348 g/mol. The van der Waals surface area contributed by atoms with Crippen LogP contribution in [0, 0.1) is 5.41 Å². The summed E-state index contributed by atoms with van der Waals surface area (Å²) in [5.41, 5.74) is 2.62. The quantitative estimate of drug-likeness (QED) is 0.825. The van der Waals surface area contributed by atoms with E-state index < -0.39 is 0 Å². The highest BCUT2D eigenvalue weighted by molar-refractivity contribution is 6.26. The van der Waals surface area contributed by atoms with E-state index in [0.717, 1.165) is 5.56 Å². The molecule has 0 spiro atoms. The van der Waals surface area contributed by atoms with E-state index in [-0.39, 0.29) is 17.1 Å². The number of aliphatic imine (C=N–C) groups is 1. The van der Waals surface area contributed by atoms with Crippen molar-refractivity contribution in [1.82, 2.24) is 0 Å². The summed E-state index contributed by atoms with van der Waals surface area (Å²) in [6, 6.07) is 19.2. The van der Waals surface area contributed by atoms with Crippen LogP contribution in [0.15, 0.2) is 77.0 Å². The Kier molecular flexibility index (Phi) is 5.21. The molecule has 0 radical (unpaired) electrons. The normalized spacial score (nSPS) is 18.0. The summed E-state index contributed by atoms with van der Waals surface area (Å²) in [5, 5.41) is 13.4. The topological polar surface area (TPSA) is 61.7 Å². The maximum atomic E-state index is 12.8. The maximum Gasteiger partial charge on any atom is 0.260 e. The van der Waals surface area contributed by atoms with Crippen molar-refractivity contribution < 1.29 is 9.90 Å². The molecule has 134 valence electrons. The van der Waals surface area contributed by atoms with Gasteiger partial charge < -0.3 is 10.4 Å². The highest BCUT2D eigenvalue weighted by Gasteiger charge is 2.34. The van der Waals surface area contributed by atoms with Gasteiger partial charge in [0.05, 0.1) is 17.8 Å². The second-order valence-electron chi connectivity index (χ2n) is 7.41. The Balaban J connectivity index is 1.89. The highest BCUT2D eigenvalue weighted by atomic mass is 16.3. The summed E-state index contributed by atoms with van der Waals surface area (Å²) in [7, 11) is 0. The number of allylic oxidation sites excluding steroid dienone is 1. The van der Waals surface area contributed by atoms with Crippen molar-refractivity contribution >= 4 is 17.3 Å². The van der Waals surface area contributed by atoms with Gasteiger partial charge in [-0.3, -0.25) is 9.79 Å². The Labute approximate surface area is 154 Å². The van der Waals surface area contributed by atoms with Crippen molar-refractivity contribution in [2.45, 2.75) is 33.2 Å². The molecule has 1 aliphatic carbocycles.